The Balaban J connectivity index is 2.07. The predicted octanol–water partition coefficient (Wildman–Crippen LogP) is 2.89. The number of hydrogen-bond acceptors (Lipinski definition) is 9. The van der Waals surface area contributed by atoms with Crippen molar-refractivity contribution in [2.75, 3.05) is 39.8 Å². The van der Waals surface area contributed by atoms with Crippen LogP contribution in [0.3, 0.4) is 0 Å². The average molecular weight is 414 g/mol. The van der Waals surface area contributed by atoms with Gasteiger partial charge in [0.25, 0.3) is 0 Å². The second-order valence-electron chi connectivity index (χ2n) is 6.20. The van der Waals surface area contributed by atoms with Crippen LogP contribution in [0.25, 0.3) is 10.2 Å². The maximum Gasteiger partial charge on any atom is 0.203 e. The van der Waals surface area contributed by atoms with Crippen LogP contribution in [0.2, 0.25) is 0 Å². The van der Waals surface area contributed by atoms with Crippen LogP contribution in [0.5, 0.6) is 17.2 Å². The van der Waals surface area contributed by atoms with Crippen molar-refractivity contribution >= 4 is 27.4 Å². The highest BCUT2D eigenvalue weighted by molar-refractivity contribution is 7.19. The van der Waals surface area contributed by atoms with E-state index in [1.54, 1.807) is 21.3 Å². The Morgan fingerprint density at radius 3 is 2.38 bits per heavy atom. The molecule has 152 valence electrons. The maximum atomic E-state index is 9.37. The lowest BCUT2D eigenvalue weighted by atomic mass is 10.1. The Bertz CT molecular complexity index is 1050. The smallest absolute Gasteiger partial charge is 0.203 e. The summed E-state index contributed by atoms with van der Waals surface area (Å²) in [6, 6.07) is 5.92. The second-order valence-corrected chi connectivity index (χ2v) is 7.20. The van der Waals surface area contributed by atoms with E-state index in [4.69, 9.17) is 14.2 Å². The lowest BCUT2D eigenvalue weighted by Gasteiger charge is -2.14. The Morgan fingerprint density at radius 1 is 1.14 bits per heavy atom. The second kappa shape index (κ2) is 8.94. The Morgan fingerprint density at radius 2 is 1.83 bits per heavy atom. The number of methoxy groups -OCH3 is 3. The molecule has 3 aromatic rings. The van der Waals surface area contributed by atoms with E-state index in [1.807, 2.05) is 19.1 Å². The fraction of sp³-hybridized carbons (Fsp3) is 0.350. The molecule has 2 N–H and O–H groups in total. The number of rotatable bonds is 8. The number of aliphatic hydroxyl groups excluding tert-OH is 1. The number of ether oxygens (including phenoxy) is 3. The molecular formula is C20H22N4O4S. The van der Waals surface area contributed by atoms with Crippen LogP contribution in [-0.2, 0) is 6.42 Å². The quantitative estimate of drug-likeness (QED) is 0.579. The van der Waals surface area contributed by atoms with Gasteiger partial charge in [0.05, 0.1) is 33.3 Å². The van der Waals surface area contributed by atoms with Crippen LogP contribution in [0.15, 0.2) is 12.1 Å². The first-order valence-electron chi connectivity index (χ1n) is 8.89. The minimum Gasteiger partial charge on any atom is -0.493 e. The summed E-state index contributed by atoms with van der Waals surface area (Å²) in [4.78, 5) is 10.6. The first kappa shape index (κ1) is 20.6. The van der Waals surface area contributed by atoms with Gasteiger partial charge in [-0.05, 0) is 30.2 Å². The van der Waals surface area contributed by atoms with Gasteiger partial charge in [-0.3, -0.25) is 0 Å². The lowest BCUT2D eigenvalue weighted by molar-refractivity contribution is 0.311. The number of benzene rings is 1. The zero-order valence-electron chi connectivity index (χ0n) is 16.7. The summed E-state index contributed by atoms with van der Waals surface area (Å²) in [5.74, 6) is 2.83. The van der Waals surface area contributed by atoms with Crippen LogP contribution in [-0.4, -0.2) is 49.6 Å². The monoisotopic (exact) mass is 414 g/mol. The van der Waals surface area contributed by atoms with E-state index in [1.165, 1.54) is 11.3 Å². The van der Waals surface area contributed by atoms with Crippen LogP contribution in [0.4, 0.5) is 5.82 Å². The summed E-state index contributed by atoms with van der Waals surface area (Å²) in [5, 5.41) is 22.5. The number of fused-ring (bicyclic) bond motifs is 1. The van der Waals surface area contributed by atoms with Crippen molar-refractivity contribution in [3.63, 3.8) is 0 Å². The molecule has 0 amide bonds. The van der Waals surface area contributed by atoms with Gasteiger partial charge in [-0.2, -0.15) is 5.26 Å². The molecular weight excluding hydrogens is 392 g/mol. The van der Waals surface area contributed by atoms with E-state index in [0.29, 0.717) is 46.7 Å². The topological polar surface area (TPSA) is 110 Å². The molecule has 0 bridgehead atoms. The highest BCUT2D eigenvalue weighted by Crippen LogP contribution is 2.39. The van der Waals surface area contributed by atoms with Gasteiger partial charge in [-0.15, -0.1) is 11.3 Å². The van der Waals surface area contributed by atoms with Gasteiger partial charge in [0, 0.05) is 13.0 Å². The molecule has 2 aromatic heterocycles. The number of aliphatic hydroxyl groups is 1. The zero-order chi connectivity index (χ0) is 21.0. The fourth-order valence-corrected chi connectivity index (χ4v) is 4.09. The molecule has 1 aromatic carbocycles. The van der Waals surface area contributed by atoms with Gasteiger partial charge < -0.3 is 24.6 Å². The number of nitrogens with one attached hydrogen (secondary N) is 1. The molecule has 0 unspecified atom stereocenters. The largest absolute Gasteiger partial charge is 0.493 e. The van der Waals surface area contributed by atoms with Crippen molar-refractivity contribution in [2.24, 2.45) is 0 Å². The SMILES string of the molecule is COc1cc(Cc2nc(NCCO)c3c(C)c(C#N)sc3n2)cc(OC)c1OC. The van der Waals surface area contributed by atoms with E-state index in [9.17, 15) is 10.4 Å². The van der Waals surface area contributed by atoms with Gasteiger partial charge in [-0.1, -0.05) is 0 Å². The third kappa shape index (κ3) is 4.04. The molecule has 0 atom stereocenters. The number of hydrogen-bond donors (Lipinski definition) is 2. The number of aromatic nitrogens is 2. The van der Waals surface area contributed by atoms with Crippen LogP contribution < -0.4 is 19.5 Å². The molecule has 0 aliphatic carbocycles. The minimum atomic E-state index is -0.0258. The van der Waals surface area contributed by atoms with Gasteiger partial charge >= 0.3 is 0 Å². The van der Waals surface area contributed by atoms with Crippen molar-refractivity contribution < 1.29 is 19.3 Å². The molecule has 0 fully saturated rings. The van der Waals surface area contributed by atoms with Crippen LogP contribution in [0, 0.1) is 18.3 Å². The standard InChI is InChI=1S/C20H22N4O4S/c1-11-15(10-21)29-20-17(11)19(22-5-6-25)23-16(24-20)9-12-7-13(26-2)18(28-4)14(8-12)27-3/h7-8,25H,5-6,9H2,1-4H3,(H,22,23,24). The summed E-state index contributed by atoms with van der Waals surface area (Å²) >= 11 is 1.33. The molecule has 0 radical (unpaired) electrons. The number of aryl methyl sites for hydroxylation is 1. The predicted molar refractivity (Wildman–Crippen MR) is 111 cm³/mol. The van der Waals surface area contributed by atoms with Crippen molar-refractivity contribution in [2.45, 2.75) is 13.3 Å². The molecule has 29 heavy (non-hydrogen) atoms. The van der Waals surface area contributed by atoms with Gasteiger partial charge in [-0.25, -0.2) is 9.97 Å². The molecule has 2 heterocycles. The summed E-state index contributed by atoms with van der Waals surface area (Å²) in [6.45, 7) is 2.21. The summed E-state index contributed by atoms with van der Waals surface area (Å²) in [6.07, 6.45) is 0.430. The molecule has 0 spiro atoms. The summed E-state index contributed by atoms with van der Waals surface area (Å²) in [5.41, 5.74) is 1.73. The van der Waals surface area contributed by atoms with Crippen molar-refractivity contribution in [3.05, 3.63) is 34.0 Å². The zero-order valence-corrected chi connectivity index (χ0v) is 17.5. The summed E-state index contributed by atoms with van der Waals surface area (Å²) < 4.78 is 16.2. The maximum absolute atomic E-state index is 9.37. The van der Waals surface area contributed by atoms with E-state index >= 15 is 0 Å². The average Bonchev–Trinajstić information content (AvgIpc) is 3.06. The van der Waals surface area contributed by atoms with E-state index in [0.717, 1.165) is 21.3 Å². The molecule has 0 aliphatic heterocycles. The Kier molecular flexibility index (Phi) is 6.36. The molecule has 8 nitrogen and oxygen atoms in total. The van der Waals surface area contributed by atoms with Gasteiger partial charge in [0.15, 0.2) is 11.5 Å². The first-order valence-corrected chi connectivity index (χ1v) is 9.71. The van der Waals surface area contributed by atoms with Gasteiger partial charge in [0.2, 0.25) is 5.75 Å². The summed E-state index contributed by atoms with van der Waals surface area (Å²) in [7, 11) is 4.69. The van der Waals surface area contributed by atoms with Crippen molar-refractivity contribution in [1.29, 1.82) is 5.26 Å². The number of nitriles is 1. The molecule has 0 aliphatic rings. The van der Waals surface area contributed by atoms with Crippen LogP contribution in [0.1, 0.15) is 21.8 Å². The lowest BCUT2D eigenvalue weighted by Crippen LogP contribution is -2.09. The van der Waals surface area contributed by atoms with Crippen LogP contribution >= 0.6 is 11.3 Å². The minimum absolute atomic E-state index is 0.0258. The first-order chi connectivity index (χ1) is 14.1. The normalized spacial score (nSPS) is 10.6. The van der Waals surface area contributed by atoms with Crippen molar-refractivity contribution in [1.82, 2.24) is 9.97 Å². The molecule has 0 saturated heterocycles. The number of anilines is 1. The number of nitrogens with zero attached hydrogens (tertiary/aromatic N) is 3. The molecule has 0 saturated carbocycles. The third-order valence-electron chi connectivity index (χ3n) is 4.43. The number of thiophene rings is 1. The van der Waals surface area contributed by atoms with Crippen molar-refractivity contribution in [3.8, 4) is 23.3 Å². The Labute approximate surface area is 172 Å². The van der Waals surface area contributed by atoms with E-state index in [-0.39, 0.29) is 6.61 Å². The third-order valence-corrected chi connectivity index (χ3v) is 5.52. The molecule has 9 heteroatoms. The van der Waals surface area contributed by atoms with Gasteiger partial charge in [0.1, 0.15) is 27.4 Å². The highest BCUT2D eigenvalue weighted by atomic mass is 32.1. The van der Waals surface area contributed by atoms with E-state index in [2.05, 4.69) is 21.4 Å². The van der Waals surface area contributed by atoms with E-state index < -0.39 is 0 Å². The highest BCUT2D eigenvalue weighted by Gasteiger charge is 2.18. The Hall–Kier alpha value is -3.09. The fourth-order valence-electron chi connectivity index (χ4n) is 3.09. The molecule has 3 rings (SSSR count).